The molecule has 3 aliphatic rings. The summed E-state index contributed by atoms with van der Waals surface area (Å²) in [5.74, 6) is 0.770. The van der Waals surface area contributed by atoms with Gasteiger partial charge in [0.1, 0.15) is 18.2 Å². The summed E-state index contributed by atoms with van der Waals surface area (Å²) in [4.78, 5) is 18.5. The molecule has 0 radical (unpaired) electrons. The molecule has 0 N–H and O–H groups in total. The highest BCUT2D eigenvalue weighted by Gasteiger charge is 2.38. The van der Waals surface area contributed by atoms with E-state index < -0.39 is 12.0 Å². The van der Waals surface area contributed by atoms with Gasteiger partial charge in [0.25, 0.3) is 5.82 Å². The number of alkyl halides is 3. The van der Waals surface area contributed by atoms with Crippen molar-refractivity contribution in [3.63, 3.8) is 0 Å². The molecule has 3 aromatic rings. The molecule has 202 valence electrons. The van der Waals surface area contributed by atoms with Crippen LogP contribution in [0.3, 0.4) is 0 Å². The Hall–Kier alpha value is -3.41. The molecule has 0 unspecified atom stereocenters. The number of carbonyl (C=O) groups is 1. The number of piperazine rings is 1. The molecule has 2 aliphatic heterocycles. The van der Waals surface area contributed by atoms with Crippen LogP contribution in [0, 0.1) is 0 Å². The van der Waals surface area contributed by atoms with Crippen molar-refractivity contribution in [1.29, 1.82) is 0 Å². The number of halogens is 3. The molecule has 2 aromatic heterocycles. The predicted molar refractivity (Wildman–Crippen MR) is 133 cm³/mol. The Bertz CT molecular complexity index is 1280. The second kappa shape index (κ2) is 10.0. The van der Waals surface area contributed by atoms with E-state index in [-0.39, 0.29) is 11.6 Å². The van der Waals surface area contributed by atoms with Crippen molar-refractivity contribution in [2.24, 2.45) is 0 Å². The third-order valence-corrected chi connectivity index (χ3v) is 7.67. The van der Waals surface area contributed by atoms with Gasteiger partial charge in [0.2, 0.25) is 5.91 Å². The number of benzene rings is 1. The second-order valence-electron chi connectivity index (χ2n) is 10.3. The molecule has 12 heteroatoms. The normalized spacial score (nSPS) is 19.9. The van der Waals surface area contributed by atoms with Gasteiger partial charge in [-0.3, -0.25) is 9.69 Å². The van der Waals surface area contributed by atoms with Crippen molar-refractivity contribution < 1.29 is 22.7 Å². The fourth-order valence-corrected chi connectivity index (χ4v) is 5.39. The first kappa shape index (κ1) is 24.9. The molecule has 2 saturated heterocycles. The average Bonchev–Trinajstić information content (AvgIpc) is 3.65. The highest BCUT2D eigenvalue weighted by molar-refractivity contribution is 5.79. The smallest absolute Gasteiger partial charge is 0.453 e. The lowest BCUT2D eigenvalue weighted by molar-refractivity contribution is -0.146. The number of hydrogen-bond donors (Lipinski definition) is 0. The summed E-state index contributed by atoms with van der Waals surface area (Å²) in [6.07, 6.45) is -0.580. The topological polar surface area (TPSA) is 79.1 Å². The highest BCUT2D eigenvalue weighted by Crippen LogP contribution is 2.32. The quantitative estimate of drug-likeness (QED) is 0.465. The molecule has 0 spiro atoms. The number of anilines is 1. The van der Waals surface area contributed by atoms with Gasteiger partial charge in [-0.2, -0.15) is 17.7 Å². The van der Waals surface area contributed by atoms with Crippen LogP contribution < -0.4 is 9.64 Å². The number of nitrogens with zero attached hydrogens (tertiary/aromatic N) is 7. The molecule has 3 fully saturated rings. The molecule has 6 rings (SSSR count). The van der Waals surface area contributed by atoms with Crippen LogP contribution in [-0.2, 0) is 11.0 Å². The van der Waals surface area contributed by atoms with Gasteiger partial charge in [-0.1, -0.05) is 12.1 Å². The van der Waals surface area contributed by atoms with Crippen molar-refractivity contribution in [2.45, 2.75) is 43.8 Å². The van der Waals surface area contributed by atoms with Gasteiger partial charge in [-0.15, -0.1) is 15.3 Å². The summed E-state index contributed by atoms with van der Waals surface area (Å²) in [7, 11) is 0. The van der Waals surface area contributed by atoms with E-state index >= 15 is 0 Å². The zero-order valence-corrected chi connectivity index (χ0v) is 21.0. The minimum atomic E-state index is -4.61. The minimum absolute atomic E-state index is 0.0721. The van der Waals surface area contributed by atoms with E-state index in [0.717, 1.165) is 55.6 Å². The van der Waals surface area contributed by atoms with Crippen LogP contribution in [0.2, 0.25) is 0 Å². The molecule has 0 bridgehead atoms. The number of piperidine rings is 1. The fraction of sp³-hybridized carbons (Fsp3) is 0.538. The summed E-state index contributed by atoms with van der Waals surface area (Å²) in [6.45, 7) is 4.84. The molecule has 1 amide bonds. The first-order valence-corrected chi connectivity index (χ1v) is 13.1. The summed E-state index contributed by atoms with van der Waals surface area (Å²) in [6, 6.07) is 11.8. The van der Waals surface area contributed by atoms with Crippen molar-refractivity contribution in [3.8, 4) is 5.75 Å². The van der Waals surface area contributed by atoms with E-state index in [2.05, 4.69) is 32.3 Å². The summed E-state index contributed by atoms with van der Waals surface area (Å²) < 4.78 is 46.3. The third kappa shape index (κ3) is 5.27. The van der Waals surface area contributed by atoms with E-state index in [9.17, 15) is 18.0 Å². The molecule has 1 saturated carbocycles. The molecule has 9 nitrogen and oxygen atoms in total. The van der Waals surface area contributed by atoms with Crippen molar-refractivity contribution in [1.82, 2.24) is 29.6 Å². The van der Waals surface area contributed by atoms with Gasteiger partial charge >= 0.3 is 6.18 Å². The van der Waals surface area contributed by atoms with Gasteiger partial charge in [0, 0.05) is 38.8 Å². The Kier molecular flexibility index (Phi) is 6.58. The highest BCUT2D eigenvalue weighted by atomic mass is 19.4. The minimum Gasteiger partial charge on any atom is -0.492 e. The summed E-state index contributed by atoms with van der Waals surface area (Å²) >= 11 is 0. The first-order chi connectivity index (χ1) is 18.3. The maximum atomic E-state index is 13.2. The Balaban J connectivity index is 0.985. The first-order valence-electron chi connectivity index (χ1n) is 13.1. The number of aromatic nitrogens is 4. The number of fused-ring (bicyclic) bond motifs is 1. The molecule has 1 aromatic carbocycles. The Morgan fingerprint density at radius 1 is 0.921 bits per heavy atom. The van der Waals surface area contributed by atoms with Gasteiger partial charge in [-0.25, -0.2) is 0 Å². The molecule has 1 aliphatic carbocycles. The largest absolute Gasteiger partial charge is 0.492 e. The fourth-order valence-electron chi connectivity index (χ4n) is 5.39. The van der Waals surface area contributed by atoms with Crippen molar-refractivity contribution in [3.05, 3.63) is 47.8 Å². The van der Waals surface area contributed by atoms with E-state index in [1.165, 1.54) is 11.6 Å². The second-order valence-corrected chi connectivity index (χ2v) is 10.3. The monoisotopic (exact) mass is 529 g/mol. The zero-order chi connectivity index (χ0) is 26.3. The lowest BCUT2D eigenvalue weighted by Crippen LogP contribution is -2.51. The lowest BCUT2D eigenvalue weighted by atomic mass is 9.89. The Labute approximate surface area is 218 Å². The van der Waals surface area contributed by atoms with E-state index in [4.69, 9.17) is 4.74 Å². The number of amides is 1. The third-order valence-electron chi connectivity index (χ3n) is 7.67. The van der Waals surface area contributed by atoms with Crippen LogP contribution in [0.25, 0.3) is 5.65 Å². The predicted octanol–water partition coefficient (Wildman–Crippen LogP) is 3.21. The number of hydrogen-bond acceptors (Lipinski definition) is 7. The maximum absolute atomic E-state index is 13.2. The Morgan fingerprint density at radius 2 is 1.68 bits per heavy atom. The maximum Gasteiger partial charge on any atom is 0.453 e. The van der Waals surface area contributed by atoms with Crippen LogP contribution in [0.5, 0.6) is 5.75 Å². The van der Waals surface area contributed by atoms with E-state index in [0.29, 0.717) is 44.0 Å². The van der Waals surface area contributed by atoms with Crippen LogP contribution >= 0.6 is 0 Å². The Morgan fingerprint density at radius 3 is 2.37 bits per heavy atom. The summed E-state index contributed by atoms with van der Waals surface area (Å²) in [5, 5.41) is 11.0. The summed E-state index contributed by atoms with van der Waals surface area (Å²) in [5.41, 5.74) is 1.29. The number of rotatable bonds is 7. The number of ether oxygens (including phenoxy) is 1. The zero-order valence-electron chi connectivity index (χ0n) is 21.0. The van der Waals surface area contributed by atoms with Crippen LogP contribution in [0.4, 0.5) is 19.0 Å². The molecule has 38 heavy (non-hydrogen) atoms. The van der Waals surface area contributed by atoms with Crippen molar-refractivity contribution >= 4 is 17.4 Å². The van der Waals surface area contributed by atoms with Gasteiger partial charge < -0.3 is 14.5 Å². The van der Waals surface area contributed by atoms with E-state index in [1.807, 2.05) is 21.9 Å². The molecule has 4 heterocycles. The van der Waals surface area contributed by atoms with Crippen LogP contribution in [-0.4, -0.2) is 87.4 Å². The van der Waals surface area contributed by atoms with Crippen LogP contribution in [0.1, 0.15) is 43.0 Å². The van der Waals surface area contributed by atoms with E-state index in [1.54, 1.807) is 6.07 Å². The SMILES string of the molecule is O=C1CN(CCOc2ccc(C3CCN(c4ccc5nnc(C(F)(F)F)n5n4)CC3)cc2)CCN1C1CC1. The number of carbonyl (C=O) groups excluding carboxylic acids is 1. The average molecular weight is 530 g/mol. The van der Waals surface area contributed by atoms with Gasteiger partial charge in [0.05, 0.1) is 6.54 Å². The molecule has 0 atom stereocenters. The van der Waals surface area contributed by atoms with Gasteiger partial charge in [0.15, 0.2) is 5.65 Å². The lowest BCUT2D eigenvalue weighted by Gasteiger charge is -2.34. The van der Waals surface area contributed by atoms with Gasteiger partial charge in [-0.05, 0) is 61.4 Å². The molecular formula is C26H30F3N7O2. The van der Waals surface area contributed by atoms with Crippen LogP contribution in [0.15, 0.2) is 36.4 Å². The standard InChI is InChI=1S/C26H30F3N7O2/c27-26(28,29)25-31-30-22-7-8-23(32-36(22)25)34-11-9-19(10-12-34)18-1-5-21(6-2-18)38-16-15-33-13-14-35(20-3-4-20)24(37)17-33/h1-2,5-8,19-20H,3-4,9-17H2. The molecular weight excluding hydrogens is 499 g/mol. The van der Waals surface area contributed by atoms with Crippen molar-refractivity contribution in [2.75, 3.05) is 50.8 Å².